The van der Waals surface area contributed by atoms with Crippen LogP contribution in [0.25, 0.3) is 0 Å². The zero-order chi connectivity index (χ0) is 14.9. The van der Waals surface area contributed by atoms with Gasteiger partial charge in [0, 0.05) is 0 Å². The second-order valence-corrected chi connectivity index (χ2v) is 6.05. The molecule has 1 aliphatic heterocycles. The molecule has 110 valence electrons. The number of nitrogens with one attached hydrogen (secondary N) is 1. The van der Waals surface area contributed by atoms with E-state index >= 15 is 0 Å². The van der Waals surface area contributed by atoms with Gasteiger partial charge in [-0.25, -0.2) is 9.78 Å². The molecule has 2 rings (SSSR count). The van der Waals surface area contributed by atoms with E-state index in [0.29, 0.717) is 10.7 Å². The number of amides is 1. The second-order valence-electron chi connectivity index (χ2n) is 5.01. The Kier molecular flexibility index (Phi) is 4.39. The Morgan fingerprint density at radius 1 is 1.50 bits per heavy atom. The van der Waals surface area contributed by atoms with Gasteiger partial charge in [-0.3, -0.25) is 4.79 Å². The van der Waals surface area contributed by atoms with E-state index in [9.17, 15) is 9.59 Å². The number of carbonyl (C=O) groups excluding carboxylic acids is 1. The fourth-order valence-corrected chi connectivity index (χ4v) is 3.07. The molecule has 0 aliphatic carbocycles. The van der Waals surface area contributed by atoms with Crippen molar-refractivity contribution >= 4 is 23.2 Å². The van der Waals surface area contributed by atoms with Crippen molar-refractivity contribution in [2.75, 3.05) is 0 Å². The van der Waals surface area contributed by atoms with Gasteiger partial charge in [-0.15, -0.1) is 11.3 Å². The predicted molar refractivity (Wildman–Crippen MR) is 73.9 cm³/mol. The van der Waals surface area contributed by atoms with Gasteiger partial charge in [0.1, 0.15) is 16.0 Å². The lowest BCUT2D eigenvalue weighted by molar-refractivity contribution is -0.132. The highest BCUT2D eigenvalue weighted by molar-refractivity contribution is 7.13. The molecule has 1 fully saturated rings. The summed E-state index contributed by atoms with van der Waals surface area (Å²) in [7, 11) is 0. The molecule has 0 aromatic carbocycles. The van der Waals surface area contributed by atoms with Crippen LogP contribution in [0.1, 0.15) is 53.1 Å². The van der Waals surface area contributed by atoms with E-state index in [1.807, 2.05) is 6.92 Å². The van der Waals surface area contributed by atoms with Gasteiger partial charge in [0.05, 0.1) is 17.8 Å². The molecule has 2 heterocycles. The molecule has 2 N–H and O–H groups in total. The summed E-state index contributed by atoms with van der Waals surface area (Å²) in [5, 5.41) is 12.4. The Balaban J connectivity index is 2.01. The van der Waals surface area contributed by atoms with Crippen molar-refractivity contribution in [2.45, 2.75) is 51.9 Å². The maximum atomic E-state index is 12.0. The van der Waals surface area contributed by atoms with E-state index in [2.05, 4.69) is 10.3 Å². The van der Waals surface area contributed by atoms with Crippen molar-refractivity contribution in [3.8, 4) is 0 Å². The zero-order valence-corrected chi connectivity index (χ0v) is 12.5. The van der Waals surface area contributed by atoms with Gasteiger partial charge >= 0.3 is 5.97 Å². The topological polar surface area (TPSA) is 88.5 Å². The summed E-state index contributed by atoms with van der Waals surface area (Å²) in [4.78, 5) is 27.4. The normalized spacial score (nSPS) is 23.6. The Labute approximate surface area is 121 Å². The van der Waals surface area contributed by atoms with Crippen molar-refractivity contribution in [1.82, 2.24) is 10.3 Å². The van der Waals surface area contributed by atoms with E-state index in [1.165, 1.54) is 0 Å². The Morgan fingerprint density at radius 2 is 2.20 bits per heavy atom. The number of hydrogen-bond acceptors (Lipinski definition) is 5. The van der Waals surface area contributed by atoms with Crippen LogP contribution in [0.3, 0.4) is 0 Å². The monoisotopic (exact) mass is 298 g/mol. The molecule has 1 aromatic rings. The Hall–Kier alpha value is -1.47. The number of hydrogen-bond donors (Lipinski definition) is 2. The summed E-state index contributed by atoms with van der Waals surface area (Å²) >= 11 is 1.09. The van der Waals surface area contributed by atoms with Crippen LogP contribution in [0.4, 0.5) is 0 Å². The minimum Gasteiger partial charge on any atom is -0.477 e. The number of carbonyl (C=O) groups is 2. The quantitative estimate of drug-likeness (QED) is 0.886. The maximum absolute atomic E-state index is 12.0. The van der Waals surface area contributed by atoms with Gasteiger partial charge in [0.2, 0.25) is 5.91 Å². The number of aryl methyl sites for hydroxylation is 1. The van der Waals surface area contributed by atoms with Crippen molar-refractivity contribution in [3.63, 3.8) is 0 Å². The third-order valence-corrected chi connectivity index (χ3v) is 4.59. The SMILES string of the molecule is Cc1nc(C(C)NC(=O)C2CCC(C)O2)sc1C(=O)O. The highest BCUT2D eigenvalue weighted by Crippen LogP contribution is 2.25. The first kappa shape index (κ1) is 14.9. The summed E-state index contributed by atoms with van der Waals surface area (Å²) in [6.45, 7) is 5.39. The number of ether oxygens (including phenoxy) is 1. The molecule has 0 bridgehead atoms. The van der Waals surface area contributed by atoms with Crippen LogP contribution >= 0.6 is 11.3 Å². The van der Waals surface area contributed by atoms with E-state index in [-0.39, 0.29) is 22.9 Å². The van der Waals surface area contributed by atoms with Crippen molar-refractivity contribution in [1.29, 1.82) is 0 Å². The minimum atomic E-state index is -0.988. The van der Waals surface area contributed by atoms with Gasteiger partial charge in [-0.05, 0) is 33.6 Å². The van der Waals surface area contributed by atoms with Gasteiger partial charge in [0.25, 0.3) is 0 Å². The van der Waals surface area contributed by atoms with Crippen LogP contribution in [0, 0.1) is 6.92 Å². The summed E-state index contributed by atoms with van der Waals surface area (Å²) < 4.78 is 5.50. The standard InChI is InChI=1S/C13H18N2O4S/c1-6-4-5-9(19-6)11(16)14-8(3)12-15-7(2)10(20-12)13(17)18/h6,8-9H,4-5H2,1-3H3,(H,14,16)(H,17,18). The lowest BCUT2D eigenvalue weighted by Crippen LogP contribution is -2.36. The second kappa shape index (κ2) is 5.88. The molecule has 1 amide bonds. The van der Waals surface area contributed by atoms with Crippen LogP contribution in [0.2, 0.25) is 0 Å². The van der Waals surface area contributed by atoms with Crippen molar-refractivity contribution < 1.29 is 19.4 Å². The third kappa shape index (κ3) is 3.16. The Bertz CT molecular complexity index is 528. The fourth-order valence-electron chi connectivity index (χ4n) is 2.16. The van der Waals surface area contributed by atoms with Gasteiger partial charge in [0.15, 0.2) is 0 Å². The number of thiazole rings is 1. The molecule has 20 heavy (non-hydrogen) atoms. The summed E-state index contributed by atoms with van der Waals surface area (Å²) in [5.74, 6) is -1.15. The lowest BCUT2D eigenvalue weighted by Gasteiger charge is -2.15. The number of carboxylic acids is 1. The molecular weight excluding hydrogens is 280 g/mol. The Morgan fingerprint density at radius 3 is 2.70 bits per heavy atom. The summed E-state index contributed by atoms with van der Waals surface area (Å²) in [6.07, 6.45) is 1.30. The third-order valence-electron chi connectivity index (χ3n) is 3.26. The summed E-state index contributed by atoms with van der Waals surface area (Å²) in [6, 6.07) is -0.321. The smallest absolute Gasteiger partial charge is 0.347 e. The van der Waals surface area contributed by atoms with Crippen LogP contribution < -0.4 is 5.32 Å². The molecule has 3 unspecified atom stereocenters. The molecule has 0 spiro atoms. The molecule has 3 atom stereocenters. The largest absolute Gasteiger partial charge is 0.477 e. The highest BCUT2D eigenvalue weighted by atomic mass is 32.1. The first-order valence-electron chi connectivity index (χ1n) is 6.55. The van der Waals surface area contributed by atoms with E-state index in [1.54, 1.807) is 13.8 Å². The highest BCUT2D eigenvalue weighted by Gasteiger charge is 2.29. The average molecular weight is 298 g/mol. The number of aromatic nitrogens is 1. The van der Waals surface area contributed by atoms with Gasteiger partial charge in [-0.2, -0.15) is 0 Å². The molecular formula is C13H18N2O4S. The zero-order valence-electron chi connectivity index (χ0n) is 11.7. The lowest BCUT2D eigenvalue weighted by atomic mass is 10.2. The number of nitrogens with zero attached hydrogens (tertiary/aromatic N) is 1. The number of aromatic carboxylic acids is 1. The van der Waals surface area contributed by atoms with E-state index in [0.717, 1.165) is 24.2 Å². The molecule has 7 heteroatoms. The van der Waals surface area contributed by atoms with E-state index in [4.69, 9.17) is 9.84 Å². The van der Waals surface area contributed by atoms with Gasteiger partial charge in [-0.1, -0.05) is 0 Å². The van der Waals surface area contributed by atoms with Crippen LogP contribution in [0.15, 0.2) is 0 Å². The number of rotatable bonds is 4. The molecule has 1 aliphatic rings. The summed E-state index contributed by atoms with van der Waals surface area (Å²) in [5.41, 5.74) is 0.476. The average Bonchev–Trinajstić information content (AvgIpc) is 2.95. The van der Waals surface area contributed by atoms with Crippen LogP contribution in [-0.4, -0.2) is 34.2 Å². The first-order valence-corrected chi connectivity index (χ1v) is 7.36. The van der Waals surface area contributed by atoms with Crippen LogP contribution in [0.5, 0.6) is 0 Å². The molecule has 1 saturated heterocycles. The fraction of sp³-hybridized carbons (Fsp3) is 0.615. The van der Waals surface area contributed by atoms with Crippen molar-refractivity contribution in [3.05, 3.63) is 15.6 Å². The predicted octanol–water partition coefficient (Wildman–Crippen LogP) is 1.89. The van der Waals surface area contributed by atoms with E-state index < -0.39 is 12.1 Å². The van der Waals surface area contributed by atoms with Gasteiger partial charge < -0.3 is 15.2 Å². The molecule has 0 radical (unpaired) electrons. The molecule has 1 aromatic heterocycles. The van der Waals surface area contributed by atoms with Crippen LogP contribution in [-0.2, 0) is 9.53 Å². The maximum Gasteiger partial charge on any atom is 0.347 e. The number of carboxylic acid groups (broad SMARTS) is 1. The molecule has 6 nitrogen and oxygen atoms in total. The molecule has 0 saturated carbocycles. The first-order chi connectivity index (χ1) is 9.38. The minimum absolute atomic E-state index is 0.113. The van der Waals surface area contributed by atoms with Crippen molar-refractivity contribution in [2.24, 2.45) is 0 Å².